The number of hydrogen-bond donors (Lipinski definition) is 0. The number of methoxy groups -OCH3 is 1. The molecule has 1 rings (SSSR count). The van der Waals surface area contributed by atoms with Crippen LogP contribution in [0.2, 0.25) is 0 Å². The monoisotopic (exact) mass is 186 g/mol. The summed E-state index contributed by atoms with van der Waals surface area (Å²) in [7, 11) is 1.36. The first-order valence-electron chi connectivity index (χ1n) is 3.64. The molecule has 0 N–H and O–H groups in total. The third-order valence-electron chi connectivity index (χ3n) is 1.41. The fraction of sp³-hybridized carbons (Fsp3) is 0.100. The molecule has 2 nitrogen and oxygen atoms in total. The van der Waals surface area contributed by atoms with Crippen LogP contribution in [0, 0.1) is 0 Å². The van der Waals surface area contributed by atoms with Gasteiger partial charge in [-0.15, -0.1) is 0 Å². The van der Waals surface area contributed by atoms with Gasteiger partial charge in [0.1, 0.15) is 0 Å². The van der Waals surface area contributed by atoms with E-state index in [1.54, 1.807) is 6.08 Å². The molecule has 0 radical (unpaired) electrons. The SMILES string of the molecule is COC(=O)/C=C/c1ccccc1.[NaH]. The van der Waals surface area contributed by atoms with Gasteiger partial charge in [0.15, 0.2) is 0 Å². The topological polar surface area (TPSA) is 26.3 Å². The van der Waals surface area contributed by atoms with Crippen LogP contribution in [-0.2, 0) is 9.53 Å². The van der Waals surface area contributed by atoms with Crippen molar-refractivity contribution in [2.75, 3.05) is 7.11 Å². The average Bonchev–Trinajstić information content (AvgIpc) is 2.16. The van der Waals surface area contributed by atoms with Crippen molar-refractivity contribution in [2.45, 2.75) is 0 Å². The molecule has 0 aromatic heterocycles. The van der Waals surface area contributed by atoms with Gasteiger partial charge >= 0.3 is 35.5 Å². The van der Waals surface area contributed by atoms with E-state index in [2.05, 4.69) is 4.74 Å². The van der Waals surface area contributed by atoms with Crippen LogP contribution in [-0.4, -0.2) is 42.6 Å². The van der Waals surface area contributed by atoms with Crippen LogP contribution in [0.15, 0.2) is 36.4 Å². The van der Waals surface area contributed by atoms with Gasteiger partial charge in [-0.25, -0.2) is 4.79 Å². The molecular weight excluding hydrogens is 175 g/mol. The first-order valence-corrected chi connectivity index (χ1v) is 3.64. The van der Waals surface area contributed by atoms with Crippen LogP contribution >= 0.6 is 0 Å². The molecule has 0 aliphatic carbocycles. The Morgan fingerprint density at radius 3 is 2.46 bits per heavy atom. The number of rotatable bonds is 2. The van der Waals surface area contributed by atoms with Crippen molar-refractivity contribution in [2.24, 2.45) is 0 Å². The Morgan fingerprint density at radius 2 is 1.92 bits per heavy atom. The molecule has 0 amide bonds. The van der Waals surface area contributed by atoms with Crippen molar-refractivity contribution < 1.29 is 9.53 Å². The number of hydrogen-bond acceptors (Lipinski definition) is 2. The number of ether oxygens (including phenoxy) is 1. The van der Waals surface area contributed by atoms with Gasteiger partial charge in [0.05, 0.1) is 7.11 Å². The van der Waals surface area contributed by atoms with E-state index in [0.29, 0.717) is 0 Å². The van der Waals surface area contributed by atoms with E-state index in [-0.39, 0.29) is 35.5 Å². The molecule has 13 heavy (non-hydrogen) atoms. The summed E-state index contributed by atoms with van der Waals surface area (Å²) in [5, 5.41) is 0. The van der Waals surface area contributed by atoms with Crippen molar-refractivity contribution in [3.8, 4) is 0 Å². The molecule has 0 bridgehead atoms. The molecule has 1 aromatic rings. The second-order valence-corrected chi connectivity index (χ2v) is 2.27. The minimum atomic E-state index is -0.334. The summed E-state index contributed by atoms with van der Waals surface area (Å²) in [5.41, 5.74) is 0.989. The molecule has 0 atom stereocenters. The summed E-state index contributed by atoms with van der Waals surface area (Å²) in [6.07, 6.45) is 3.11. The average molecular weight is 186 g/mol. The summed E-state index contributed by atoms with van der Waals surface area (Å²) in [6, 6.07) is 9.59. The van der Waals surface area contributed by atoms with Gasteiger partial charge in [-0.3, -0.25) is 0 Å². The Labute approximate surface area is 99.9 Å². The van der Waals surface area contributed by atoms with Gasteiger partial charge in [-0.05, 0) is 11.6 Å². The standard InChI is InChI=1S/C10H10O2.Na.H/c1-12-10(11)8-7-9-5-3-2-4-6-9;;/h2-8H,1H3;;/b8-7+;;. The Bertz CT molecular complexity index is 280. The maximum absolute atomic E-state index is 10.7. The van der Waals surface area contributed by atoms with Crippen molar-refractivity contribution >= 4 is 41.6 Å². The predicted octanol–water partition coefficient (Wildman–Crippen LogP) is 1.22. The number of benzene rings is 1. The first kappa shape index (κ1) is 12.4. The molecule has 3 heteroatoms. The molecule has 1 aromatic carbocycles. The van der Waals surface area contributed by atoms with Crippen LogP contribution in [0.4, 0.5) is 0 Å². The maximum atomic E-state index is 10.7. The fourth-order valence-corrected chi connectivity index (χ4v) is 0.796. The van der Waals surface area contributed by atoms with Crippen LogP contribution < -0.4 is 0 Å². The van der Waals surface area contributed by atoms with Gasteiger partial charge in [-0.1, -0.05) is 30.3 Å². The van der Waals surface area contributed by atoms with E-state index in [1.807, 2.05) is 30.3 Å². The van der Waals surface area contributed by atoms with E-state index in [0.717, 1.165) is 5.56 Å². The summed E-state index contributed by atoms with van der Waals surface area (Å²) >= 11 is 0. The van der Waals surface area contributed by atoms with Crippen molar-refractivity contribution in [1.29, 1.82) is 0 Å². The molecule has 0 aliphatic rings. The van der Waals surface area contributed by atoms with Crippen LogP contribution in [0.5, 0.6) is 0 Å². The van der Waals surface area contributed by atoms with Crippen molar-refractivity contribution in [1.82, 2.24) is 0 Å². The van der Waals surface area contributed by atoms with Gasteiger partial charge in [-0.2, -0.15) is 0 Å². The van der Waals surface area contributed by atoms with E-state index in [1.165, 1.54) is 13.2 Å². The summed E-state index contributed by atoms with van der Waals surface area (Å²) in [5.74, 6) is -0.334. The molecule has 0 saturated heterocycles. The van der Waals surface area contributed by atoms with Crippen LogP contribution in [0.3, 0.4) is 0 Å². The van der Waals surface area contributed by atoms with E-state index >= 15 is 0 Å². The molecule has 0 unspecified atom stereocenters. The molecule has 0 spiro atoms. The third kappa shape index (κ3) is 4.88. The molecule has 0 fully saturated rings. The Balaban J connectivity index is 0.00000144. The molecule has 0 heterocycles. The number of esters is 1. The summed E-state index contributed by atoms with van der Waals surface area (Å²) in [6.45, 7) is 0. The number of carbonyl (C=O) groups is 1. The zero-order chi connectivity index (χ0) is 8.81. The molecule has 0 saturated carbocycles. The van der Waals surface area contributed by atoms with E-state index < -0.39 is 0 Å². The summed E-state index contributed by atoms with van der Waals surface area (Å²) in [4.78, 5) is 10.7. The van der Waals surface area contributed by atoms with E-state index in [4.69, 9.17) is 0 Å². The Morgan fingerprint density at radius 1 is 1.31 bits per heavy atom. The van der Waals surface area contributed by atoms with Crippen molar-refractivity contribution in [3.63, 3.8) is 0 Å². The summed E-state index contributed by atoms with van der Waals surface area (Å²) < 4.78 is 4.45. The van der Waals surface area contributed by atoms with Gasteiger partial charge in [0.2, 0.25) is 0 Å². The molecular formula is C10H11NaO2. The second kappa shape index (κ2) is 6.89. The minimum absolute atomic E-state index is 0. The zero-order valence-electron chi connectivity index (χ0n) is 6.86. The van der Waals surface area contributed by atoms with Crippen molar-refractivity contribution in [3.05, 3.63) is 42.0 Å². The van der Waals surface area contributed by atoms with Crippen LogP contribution in [0.25, 0.3) is 6.08 Å². The quantitative estimate of drug-likeness (QED) is 0.394. The van der Waals surface area contributed by atoms with Crippen LogP contribution in [0.1, 0.15) is 5.56 Å². The van der Waals surface area contributed by atoms with Gasteiger partial charge in [0.25, 0.3) is 0 Å². The Hall–Kier alpha value is -0.570. The van der Waals surface area contributed by atoms with Gasteiger partial charge in [0, 0.05) is 6.08 Å². The zero-order valence-corrected chi connectivity index (χ0v) is 6.86. The normalized spacial score (nSPS) is 9.31. The molecule has 0 aliphatic heterocycles. The first-order chi connectivity index (χ1) is 5.83. The predicted molar refractivity (Wildman–Crippen MR) is 54.6 cm³/mol. The fourth-order valence-electron chi connectivity index (χ4n) is 0.796. The third-order valence-corrected chi connectivity index (χ3v) is 1.41. The van der Waals surface area contributed by atoms with E-state index in [9.17, 15) is 4.79 Å². The number of carbonyl (C=O) groups excluding carboxylic acids is 1. The van der Waals surface area contributed by atoms with Gasteiger partial charge < -0.3 is 4.74 Å². The molecule has 64 valence electrons. The Kier molecular flexibility index (Phi) is 6.59. The second-order valence-electron chi connectivity index (χ2n) is 2.27.